The van der Waals surface area contributed by atoms with Crippen molar-refractivity contribution in [2.45, 2.75) is 32.6 Å². The van der Waals surface area contributed by atoms with E-state index >= 15 is 0 Å². The smallest absolute Gasteiger partial charge is 0.264 e. The molecule has 2 aliphatic rings. The van der Waals surface area contributed by atoms with Crippen molar-refractivity contribution < 1.29 is 14.3 Å². The van der Waals surface area contributed by atoms with Gasteiger partial charge >= 0.3 is 0 Å². The number of H-pyrrole nitrogens is 1. The van der Waals surface area contributed by atoms with Gasteiger partial charge in [0.25, 0.3) is 11.5 Å². The minimum Gasteiger partial charge on any atom is -0.455 e. The maximum absolute atomic E-state index is 14.5. The quantitative estimate of drug-likeness (QED) is 0.198. The Balaban J connectivity index is 1.40. The number of benzene rings is 5. The van der Waals surface area contributed by atoms with Crippen LogP contribution in [0, 0.1) is 0 Å². The fraction of sp³-hybridized carbons (Fsp3) is 0.146. The van der Waals surface area contributed by atoms with E-state index < -0.39 is 11.5 Å². The molecule has 8 rings (SSSR count). The molecule has 0 unspecified atom stereocenters. The average Bonchev–Trinajstić information content (AvgIpc) is 3.52. The third kappa shape index (κ3) is 4.78. The SMILES string of the molecule is CC(C)(C)c1ccc(Oc2cc(Nc3ccccc3)c3c4c(c(C(=O)N5CCc6ccccc65)c(=O)[nH]c24)-c2ccccc2C3=O)cc1. The number of aromatic amines is 1. The van der Waals surface area contributed by atoms with Crippen LogP contribution in [0.2, 0.25) is 0 Å². The Hall–Kier alpha value is -5.95. The molecular weight excluding hydrogens is 598 g/mol. The Morgan fingerprint density at radius 3 is 2.25 bits per heavy atom. The van der Waals surface area contributed by atoms with Crippen LogP contribution in [0.5, 0.6) is 11.5 Å². The average molecular weight is 632 g/mol. The molecule has 0 saturated heterocycles. The summed E-state index contributed by atoms with van der Waals surface area (Å²) < 4.78 is 6.52. The summed E-state index contributed by atoms with van der Waals surface area (Å²) >= 11 is 0. The third-order valence-electron chi connectivity index (χ3n) is 9.27. The number of para-hydroxylation sites is 2. The lowest BCUT2D eigenvalue weighted by Crippen LogP contribution is -2.35. The van der Waals surface area contributed by atoms with Gasteiger partial charge < -0.3 is 19.9 Å². The molecule has 1 aromatic heterocycles. The van der Waals surface area contributed by atoms with E-state index in [0.717, 1.165) is 22.5 Å². The van der Waals surface area contributed by atoms with Gasteiger partial charge in [-0.15, -0.1) is 0 Å². The molecule has 1 aliphatic carbocycles. The molecule has 2 N–H and O–H groups in total. The van der Waals surface area contributed by atoms with Crippen LogP contribution in [0.15, 0.2) is 114 Å². The van der Waals surface area contributed by atoms with Crippen molar-refractivity contribution in [3.63, 3.8) is 0 Å². The molecule has 236 valence electrons. The van der Waals surface area contributed by atoms with E-state index in [0.29, 0.717) is 63.3 Å². The molecule has 0 saturated carbocycles. The molecule has 1 amide bonds. The van der Waals surface area contributed by atoms with Crippen molar-refractivity contribution in [2.75, 3.05) is 16.8 Å². The number of carbonyl (C=O) groups excluding carboxylic acids is 2. The molecule has 0 fully saturated rings. The second kappa shape index (κ2) is 11.1. The normalized spacial score (nSPS) is 13.3. The Bertz CT molecular complexity index is 2330. The van der Waals surface area contributed by atoms with Gasteiger partial charge in [-0.3, -0.25) is 14.4 Å². The van der Waals surface area contributed by atoms with E-state index in [4.69, 9.17) is 4.74 Å². The number of nitrogens with zero attached hydrogens (tertiary/aromatic N) is 1. The standard InChI is InChI=1S/C41H33N3O4/c1-41(2,3)25-17-19-27(20-18-25)48-32-23-30(42-26-12-5-4-6-13-26)34-35-33(28-14-8-9-15-29(28)38(34)45)36(39(46)43-37(32)35)40(47)44-22-21-24-11-7-10-16-31(24)44/h4-20,23,42H,21-22H2,1-3H3,(H,43,46). The summed E-state index contributed by atoms with van der Waals surface area (Å²) in [5.74, 6) is 0.309. The fourth-order valence-corrected chi connectivity index (χ4v) is 6.88. The maximum atomic E-state index is 14.5. The summed E-state index contributed by atoms with van der Waals surface area (Å²) in [5, 5.41) is 3.91. The van der Waals surface area contributed by atoms with Crippen molar-refractivity contribution in [1.29, 1.82) is 0 Å². The number of hydrogen-bond donors (Lipinski definition) is 2. The zero-order valence-electron chi connectivity index (χ0n) is 26.9. The van der Waals surface area contributed by atoms with Gasteiger partial charge in [-0.05, 0) is 58.9 Å². The van der Waals surface area contributed by atoms with Crippen LogP contribution < -0.4 is 20.5 Å². The summed E-state index contributed by atoms with van der Waals surface area (Å²) in [6, 6.07) is 34.1. The second-order valence-corrected chi connectivity index (χ2v) is 13.3. The lowest BCUT2D eigenvalue weighted by molar-refractivity contribution is 0.0986. The van der Waals surface area contributed by atoms with Gasteiger partial charge in [0.05, 0.1) is 16.8 Å². The number of rotatable bonds is 5. The Morgan fingerprint density at radius 1 is 0.812 bits per heavy atom. The first-order valence-corrected chi connectivity index (χ1v) is 16.1. The van der Waals surface area contributed by atoms with Crippen LogP contribution in [0.3, 0.4) is 0 Å². The maximum Gasteiger partial charge on any atom is 0.264 e. The molecular formula is C41H33N3O4. The largest absolute Gasteiger partial charge is 0.455 e. The number of carbonyl (C=O) groups is 2. The van der Waals surface area contributed by atoms with Crippen LogP contribution in [-0.4, -0.2) is 23.2 Å². The van der Waals surface area contributed by atoms with Crippen molar-refractivity contribution in [1.82, 2.24) is 4.98 Å². The number of amides is 1. The molecule has 48 heavy (non-hydrogen) atoms. The molecule has 7 nitrogen and oxygen atoms in total. The summed E-state index contributed by atoms with van der Waals surface area (Å²) in [6.45, 7) is 6.90. The van der Waals surface area contributed by atoms with Gasteiger partial charge in [-0.25, -0.2) is 0 Å². The van der Waals surface area contributed by atoms with Crippen LogP contribution in [0.1, 0.15) is 58.2 Å². The summed E-state index contributed by atoms with van der Waals surface area (Å²) in [7, 11) is 0. The first kappa shape index (κ1) is 29.5. The fourth-order valence-electron chi connectivity index (χ4n) is 6.88. The highest BCUT2D eigenvalue weighted by molar-refractivity contribution is 6.31. The molecule has 6 aromatic rings. The van der Waals surface area contributed by atoms with Gasteiger partial charge in [-0.2, -0.15) is 0 Å². The van der Waals surface area contributed by atoms with E-state index in [1.54, 1.807) is 23.1 Å². The Morgan fingerprint density at radius 2 is 1.50 bits per heavy atom. The van der Waals surface area contributed by atoms with E-state index in [2.05, 4.69) is 31.1 Å². The first-order valence-electron chi connectivity index (χ1n) is 16.1. The highest BCUT2D eigenvalue weighted by Gasteiger charge is 2.37. The van der Waals surface area contributed by atoms with E-state index in [9.17, 15) is 14.4 Å². The minimum atomic E-state index is -0.543. The van der Waals surface area contributed by atoms with Crippen LogP contribution in [0.4, 0.5) is 17.1 Å². The number of anilines is 3. The molecule has 7 heteroatoms. The number of ether oxygens (including phenoxy) is 1. The number of pyridine rings is 1. The minimum absolute atomic E-state index is 0.00209. The van der Waals surface area contributed by atoms with Crippen LogP contribution in [-0.2, 0) is 11.8 Å². The number of hydrogen-bond acceptors (Lipinski definition) is 5. The predicted molar refractivity (Wildman–Crippen MR) is 190 cm³/mol. The highest BCUT2D eigenvalue weighted by Crippen LogP contribution is 2.47. The number of fused-ring (bicyclic) bond motifs is 3. The lowest BCUT2D eigenvalue weighted by atomic mass is 9.81. The summed E-state index contributed by atoms with van der Waals surface area (Å²) in [4.78, 5) is 47.8. The Labute approximate surface area is 277 Å². The van der Waals surface area contributed by atoms with Crippen molar-refractivity contribution in [3.8, 4) is 22.6 Å². The molecule has 1 aliphatic heterocycles. The van der Waals surface area contributed by atoms with Crippen molar-refractivity contribution in [3.05, 3.63) is 147 Å². The van der Waals surface area contributed by atoms with E-state index in [1.807, 2.05) is 91.0 Å². The van der Waals surface area contributed by atoms with Crippen LogP contribution in [0.25, 0.3) is 22.0 Å². The van der Waals surface area contributed by atoms with Gasteiger partial charge in [0.15, 0.2) is 11.5 Å². The zero-order chi connectivity index (χ0) is 33.2. The van der Waals surface area contributed by atoms with Gasteiger partial charge in [0.2, 0.25) is 0 Å². The topological polar surface area (TPSA) is 91.5 Å². The first-order chi connectivity index (χ1) is 23.2. The van der Waals surface area contributed by atoms with E-state index in [1.165, 1.54) is 0 Å². The Kier molecular flexibility index (Phi) is 6.81. The van der Waals surface area contributed by atoms with Gasteiger partial charge in [0.1, 0.15) is 11.3 Å². The second-order valence-electron chi connectivity index (χ2n) is 13.3. The number of aromatic nitrogens is 1. The summed E-state index contributed by atoms with van der Waals surface area (Å²) in [5.41, 5.74) is 5.80. The van der Waals surface area contributed by atoms with Crippen LogP contribution >= 0.6 is 0 Å². The zero-order valence-corrected chi connectivity index (χ0v) is 26.9. The van der Waals surface area contributed by atoms with Crippen molar-refractivity contribution in [2.24, 2.45) is 0 Å². The molecule has 0 bridgehead atoms. The van der Waals surface area contributed by atoms with Gasteiger partial charge in [-0.1, -0.05) is 93.6 Å². The van der Waals surface area contributed by atoms with Gasteiger partial charge in [0, 0.05) is 40.5 Å². The number of ketones is 1. The van der Waals surface area contributed by atoms with E-state index in [-0.39, 0.29) is 16.8 Å². The molecule has 0 radical (unpaired) electrons. The molecule has 2 heterocycles. The predicted octanol–water partition coefficient (Wildman–Crippen LogP) is 8.78. The lowest BCUT2D eigenvalue weighted by Gasteiger charge is -2.27. The van der Waals surface area contributed by atoms with Crippen molar-refractivity contribution >= 4 is 39.7 Å². The number of nitrogens with one attached hydrogen (secondary N) is 2. The summed E-state index contributed by atoms with van der Waals surface area (Å²) in [6.07, 6.45) is 0.695. The molecule has 0 atom stereocenters. The third-order valence-corrected chi connectivity index (χ3v) is 9.27. The monoisotopic (exact) mass is 631 g/mol. The highest BCUT2D eigenvalue weighted by atomic mass is 16.5. The molecule has 0 spiro atoms. The molecule has 5 aromatic carbocycles.